The summed E-state index contributed by atoms with van der Waals surface area (Å²) in [6.07, 6.45) is 1.88. The van der Waals surface area contributed by atoms with Gasteiger partial charge in [-0.1, -0.05) is 42.5 Å². The molecule has 170 valence electrons. The van der Waals surface area contributed by atoms with Crippen molar-refractivity contribution in [2.24, 2.45) is 0 Å². The van der Waals surface area contributed by atoms with E-state index in [0.29, 0.717) is 26.0 Å². The minimum Gasteiger partial charge on any atom is -0.497 e. The van der Waals surface area contributed by atoms with Gasteiger partial charge in [-0.3, -0.25) is 4.79 Å². The molecule has 0 radical (unpaired) electrons. The monoisotopic (exact) mass is 443 g/mol. The van der Waals surface area contributed by atoms with Gasteiger partial charge in [0.25, 0.3) is 0 Å². The first-order valence-corrected chi connectivity index (χ1v) is 11.2. The third-order valence-corrected chi connectivity index (χ3v) is 5.47. The van der Waals surface area contributed by atoms with Gasteiger partial charge in [0.1, 0.15) is 17.3 Å². The average Bonchev–Trinajstić information content (AvgIpc) is 3.20. The summed E-state index contributed by atoms with van der Waals surface area (Å²) in [5.74, 6) is 2.64. The molecule has 0 atom stereocenters. The summed E-state index contributed by atoms with van der Waals surface area (Å²) in [6.45, 7) is 1.98. The molecule has 0 bridgehead atoms. The number of aromatic nitrogens is 2. The molecule has 0 aliphatic rings. The van der Waals surface area contributed by atoms with Crippen molar-refractivity contribution in [1.29, 1.82) is 0 Å². The maximum atomic E-state index is 12.4. The van der Waals surface area contributed by atoms with E-state index >= 15 is 0 Å². The summed E-state index contributed by atoms with van der Waals surface area (Å²) in [5, 5.41) is 3.02. The number of carbonyl (C=O) groups is 1. The van der Waals surface area contributed by atoms with Crippen molar-refractivity contribution >= 4 is 16.9 Å². The molecule has 1 aromatic heterocycles. The number of rotatable bonds is 11. The summed E-state index contributed by atoms with van der Waals surface area (Å²) in [6, 6.07) is 25.6. The van der Waals surface area contributed by atoms with E-state index in [1.54, 1.807) is 7.11 Å². The largest absolute Gasteiger partial charge is 0.497 e. The number of nitrogens with zero attached hydrogens (tertiary/aromatic N) is 2. The lowest BCUT2D eigenvalue weighted by Gasteiger charge is -2.11. The lowest BCUT2D eigenvalue weighted by atomic mass is 10.1. The highest BCUT2D eigenvalue weighted by molar-refractivity contribution is 5.78. The average molecular weight is 444 g/mol. The Morgan fingerprint density at radius 2 is 1.70 bits per heavy atom. The van der Waals surface area contributed by atoms with Crippen LogP contribution in [0.5, 0.6) is 11.5 Å². The third-order valence-electron chi connectivity index (χ3n) is 5.47. The highest BCUT2D eigenvalue weighted by Crippen LogP contribution is 2.17. The minimum atomic E-state index is -0.000843. The van der Waals surface area contributed by atoms with Crippen molar-refractivity contribution in [2.75, 3.05) is 20.3 Å². The van der Waals surface area contributed by atoms with Crippen LogP contribution in [-0.4, -0.2) is 35.7 Å². The maximum Gasteiger partial charge on any atom is 0.224 e. The molecule has 6 heteroatoms. The van der Waals surface area contributed by atoms with Gasteiger partial charge >= 0.3 is 0 Å². The Morgan fingerprint density at radius 3 is 2.48 bits per heavy atom. The van der Waals surface area contributed by atoms with Crippen LogP contribution in [0.4, 0.5) is 0 Å². The molecule has 0 aliphatic heterocycles. The predicted molar refractivity (Wildman–Crippen MR) is 130 cm³/mol. The van der Waals surface area contributed by atoms with Crippen LogP contribution in [-0.2, 0) is 24.2 Å². The Balaban J connectivity index is 1.32. The zero-order valence-electron chi connectivity index (χ0n) is 18.9. The molecule has 0 fully saturated rings. The van der Waals surface area contributed by atoms with E-state index < -0.39 is 0 Å². The highest BCUT2D eigenvalue weighted by Gasteiger charge is 2.11. The second kappa shape index (κ2) is 11.2. The molecule has 0 saturated heterocycles. The van der Waals surface area contributed by atoms with Crippen LogP contribution >= 0.6 is 0 Å². The van der Waals surface area contributed by atoms with Gasteiger partial charge in [-0.2, -0.15) is 0 Å². The molecule has 4 rings (SSSR count). The van der Waals surface area contributed by atoms with Crippen LogP contribution < -0.4 is 14.8 Å². The quantitative estimate of drug-likeness (QED) is 0.349. The zero-order chi connectivity index (χ0) is 22.9. The fraction of sp³-hybridized carbons (Fsp3) is 0.259. The number of methoxy groups -OCH3 is 1. The van der Waals surface area contributed by atoms with Gasteiger partial charge in [0.2, 0.25) is 5.91 Å². The molecule has 6 nitrogen and oxygen atoms in total. The fourth-order valence-corrected chi connectivity index (χ4v) is 3.80. The molecule has 0 saturated carbocycles. The highest BCUT2D eigenvalue weighted by atomic mass is 16.5. The summed E-state index contributed by atoms with van der Waals surface area (Å²) in [4.78, 5) is 17.2. The number of para-hydroxylation sites is 3. The molecule has 33 heavy (non-hydrogen) atoms. The van der Waals surface area contributed by atoms with Crippen LogP contribution in [0.15, 0.2) is 78.9 Å². The number of benzene rings is 3. The van der Waals surface area contributed by atoms with Gasteiger partial charge in [-0.05, 0) is 48.4 Å². The topological polar surface area (TPSA) is 65.4 Å². The maximum absolute atomic E-state index is 12.4. The van der Waals surface area contributed by atoms with Crippen molar-refractivity contribution in [3.63, 3.8) is 0 Å². The molecule has 3 aromatic carbocycles. The van der Waals surface area contributed by atoms with Gasteiger partial charge in [-0.15, -0.1) is 0 Å². The number of nitrogens with one attached hydrogen (secondary N) is 1. The molecule has 0 spiro atoms. The second-order valence-electron chi connectivity index (χ2n) is 7.81. The number of carbonyl (C=O) groups excluding carboxylic acids is 1. The van der Waals surface area contributed by atoms with E-state index in [2.05, 4.69) is 16.0 Å². The van der Waals surface area contributed by atoms with Crippen molar-refractivity contribution in [3.05, 3.63) is 90.3 Å². The SMILES string of the molecule is COc1ccc(CC(=O)NCCc2nc3ccccc3n2CCCOc2ccccc2)cc1. The van der Waals surface area contributed by atoms with Crippen LogP contribution in [0.25, 0.3) is 11.0 Å². The number of aryl methyl sites for hydroxylation is 1. The summed E-state index contributed by atoms with van der Waals surface area (Å²) in [7, 11) is 1.63. The first-order valence-electron chi connectivity index (χ1n) is 11.2. The molecular weight excluding hydrogens is 414 g/mol. The van der Waals surface area contributed by atoms with Crippen LogP contribution in [0.2, 0.25) is 0 Å². The van der Waals surface area contributed by atoms with Crippen molar-refractivity contribution < 1.29 is 14.3 Å². The summed E-state index contributed by atoms with van der Waals surface area (Å²) < 4.78 is 13.2. The first kappa shape index (κ1) is 22.4. The van der Waals surface area contributed by atoms with Gasteiger partial charge in [-0.25, -0.2) is 4.98 Å². The van der Waals surface area contributed by atoms with E-state index in [4.69, 9.17) is 14.5 Å². The summed E-state index contributed by atoms with van der Waals surface area (Å²) >= 11 is 0. The Labute approximate surface area is 194 Å². The van der Waals surface area contributed by atoms with Crippen molar-refractivity contribution in [1.82, 2.24) is 14.9 Å². The van der Waals surface area contributed by atoms with Gasteiger partial charge in [0.15, 0.2) is 0 Å². The first-order chi connectivity index (χ1) is 16.2. The van der Waals surface area contributed by atoms with Gasteiger partial charge in [0, 0.05) is 19.5 Å². The van der Waals surface area contributed by atoms with Crippen molar-refractivity contribution in [3.8, 4) is 11.5 Å². The summed E-state index contributed by atoms with van der Waals surface area (Å²) in [5.41, 5.74) is 3.04. The molecule has 1 N–H and O–H groups in total. The normalized spacial score (nSPS) is 10.8. The zero-order valence-corrected chi connectivity index (χ0v) is 18.9. The number of fused-ring (bicyclic) bond motifs is 1. The van der Waals surface area contributed by atoms with E-state index in [1.165, 1.54) is 0 Å². The van der Waals surface area contributed by atoms with Gasteiger partial charge in [0.05, 0.1) is 31.2 Å². The lowest BCUT2D eigenvalue weighted by Crippen LogP contribution is -2.28. The Morgan fingerprint density at radius 1 is 0.939 bits per heavy atom. The smallest absolute Gasteiger partial charge is 0.224 e. The molecular formula is C27H29N3O3. The van der Waals surface area contributed by atoms with Gasteiger partial charge < -0.3 is 19.4 Å². The van der Waals surface area contributed by atoms with Crippen LogP contribution in [0.1, 0.15) is 17.8 Å². The Kier molecular flexibility index (Phi) is 7.59. The Bertz CT molecular complexity index is 1170. The number of imidazole rings is 1. The number of ether oxygens (including phenoxy) is 2. The van der Waals surface area contributed by atoms with Crippen LogP contribution in [0, 0.1) is 0 Å². The third kappa shape index (κ3) is 6.13. The van der Waals surface area contributed by atoms with E-state index in [-0.39, 0.29) is 5.91 Å². The number of hydrogen-bond acceptors (Lipinski definition) is 4. The molecule has 4 aromatic rings. The van der Waals surface area contributed by atoms with Crippen molar-refractivity contribution in [2.45, 2.75) is 25.8 Å². The molecule has 1 amide bonds. The van der Waals surface area contributed by atoms with E-state index in [0.717, 1.165) is 46.9 Å². The molecule has 1 heterocycles. The number of amides is 1. The van der Waals surface area contributed by atoms with Crippen LogP contribution in [0.3, 0.4) is 0 Å². The standard InChI is InChI=1S/C27H29N3O3/c1-32-22-14-12-21(13-15-22)20-27(31)28-17-16-26-29-24-10-5-6-11-25(24)30(26)18-7-19-33-23-8-3-2-4-9-23/h2-6,8-15H,7,16-20H2,1H3,(H,28,31). The predicted octanol–water partition coefficient (Wildman–Crippen LogP) is 4.42. The number of hydrogen-bond donors (Lipinski definition) is 1. The lowest BCUT2D eigenvalue weighted by molar-refractivity contribution is -0.120. The van der Waals surface area contributed by atoms with E-state index in [1.807, 2.05) is 72.8 Å². The Hall–Kier alpha value is -3.80. The molecule has 0 aliphatic carbocycles. The minimum absolute atomic E-state index is 0.000843. The second-order valence-corrected chi connectivity index (χ2v) is 7.81. The molecule has 0 unspecified atom stereocenters. The fourth-order valence-electron chi connectivity index (χ4n) is 3.80. The van der Waals surface area contributed by atoms with E-state index in [9.17, 15) is 4.79 Å².